The van der Waals surface area contributed by atoms with Gasteiger partial charge in [-0.3, -0.25) is 9.59 Å². The Balaban J connectivity index is 1.74. The number of hydrogen-bond acceptors (Lipinski definition) is 3. The van der Waals surface area contributed by atoms with Gasteiger partial charge >= 0.3 is 0 Å². The predicted octanol–water partition coefficient (Wildman–Crippen LogP) is 4.65. The van der Waals surface area contributed by atoms with Gasteiger partial charge in [-0.15, -0.1) is 0 Å². The van der Waals surface area contributed by atoms with Gasteiger partial charge in [-0.05, 0) is 61.6 Å². The molecule has 1 fully saturated rings. The lowest BCUT2D eigenvalue weighted by molar-refractivity contribution is -0.128. The van der Waals surface area contributed by atoms with Crippen LogP contribution in [0, 0.1) is 0 Å². The lowest BCUT2D eigenvalue weighted by Gasteiger charge is -2.27. The number of piperidine rings is 1. The number of carbonyl (C=O) groups excluding carboxylic acids is 2. The maximum atomic E-state index is 13.1. The summed E-state index contributed by atoms with van der Waals surface area (Å²) < 4.78 is 5.65. The number of carbonyl (C=O) groups is 2. The fraction of sp³-hybridized carbons (Fsp3) is 0.360. The fourth-order valence-corrected chi connectivity index (χ4v) is 3.37. The molecule has 3 rings (SSSR count). The van der Waals surface area contributed by atoms with E-state index in [9.17, 15) is 9.59 Å². The quantitative estimate of drug-likeness (QED) is 0.513. The van der Waals surface area contributed by atoms with E-state index in [1.54, 1.807) is 30.3 Å². The van der Waals surface area contributed by atoms with Crippen molar-refractivity contribution in [1.82, 2.24) is 10.2 Å². The zero-order valence-electron chi connectivity index (χ0n) is 17.6. The Labute approximate surface area is 178 Å². The van der Waals surface area contributed by atoms with Crippen LogP contribution in [0.1, 0.15) is 54.9 Å². The summed E-state index contributed by atoms with van der Waals surface area (Å²) in [6.45, 7) is 4.23. The van der Waals surface area contributed by atoms with Crippen molar-refractivity contribution in [1.29, 1.82) is 0 Å². The maximum absolute atomic E-state index is 13.1. The van der Waals surface area contributed by atoms with E-state index in [-0.39, 0.29) is 11.8 Å². The fourth-order valence-electron chi connectivity index (χ4n) is 3.37. The van der Waals surface area contributed by atoms with Gasteiger partial charge in [-0.2, -0.15) is 0 Å². The standard InChI is InChI=1S/C25H30N2O3/c1-2-3-18-30-22-14-12-21(13-15-22)24(28)26-23(19-20-10-6-4-7-11-20)25(29)27-16-8-5-9-17-27/h4,6-7,10-15,19H,2-3,5,8-9,16-18H2,1H3,(H,26,28). The first-order valence-corrected chi connectivity index (χ1v) is 10.8. The van der Waals surface area contributed by atoms with Crippen molar-refractivity contribution < 1.29 is 14.3 Å². The third kappa shape index (κ3) is 6.21. The Morgan fingerprint density at radius 3 is 2.37 bits per heavy atom. The molecule has 5 heteroatoms. The molecular formula is C25H30N2O3. The lowest BCUT2D eigenvalue weighted by Crippen LogP contribution is -2.41. The van der Waals surface area contributed by atoms with Crippen LogP contribution in [0.3, 0.4) is 0 Å². The smallest absolute Gasteiger partial charge is 0.270 e. The van der Waals surface area contributed by atoms with Crippen LogP contribution >= 0.6 is 0 Å². The second-order valence-corrected chi connectivity index (χ2v) is 7.50. The van der Waals surface area contributed by atoms with Crippen molar-refractivity contribution in [3.63, 3.8) is 0 Å². The molecule has 1 aliphatic rings. The van der Waals surface area contributed by atoms with Gasteiger partial charge in [0.25, 0.3) is 11.8 Å². The molecule has 30 heavy (non-hydrogen) atoms. The summed E-state index contributed by atoms with van der Waals surface area (Å²) in [7, 11) is 0. The molecule has 0 aromatic heterocycles. The van der Waals surface area contributed by atoms with E-state index in [0.29, 0.717) is 17.9 Å². The van der Waals surface area contributed by atoms with E-state index in [4.69, 9.17) is 4.74 Å². The molecule has 1 aliphatic heterocycles. The van der Waals surface area contributed by atoms with Crippen molar-refractivity contribution in [3.05, 3.63) is 71.4 Å². The van der Waals surface area contributed by atoms with E-state index in [0.717, 1.165) is 56.5 Å². The number of unbranched alkanes of at least 4 members (excludes halogenated alkanes) is 1. The van der Waals surface area contributed by atoms with E-state index in [2.05, 4.69) is 12.2 Å². The first-order valence-electron chi connectivity index (χ1n) is 10.8. The van der Waals surface area contributed by atoms with Crippen LogP contribution in [-0.2, 0) is 4.79 Å². The summed E-state index contributed by atoms with van der Waals surface area (Å²) in [5, 5.41) is 2.84. The number of amides is 2. The normalized spacial score (nSPS) is 14.3. The molecular weight excluding hydrogens is 376 g/mol. The Kier molecular flexibility index (Phi) is 8.07. The van der Waals surface area contributed by atoms with Gasteiger partial charge in [0.05, 0.1) is 6.61 Å². The van der Waals surface area contributed by atoms with Crippen LogP contribution in [-0.4, -0.2) is 36.4 Å². The summed E-state index contributed by atoms with van der Waals surface area (Å²) in [5.41, 5.74) is 1.66. The number of nitrogens with zero attached hydrogens (tertiary/aromatic N) is 1. The minimum atomic E-state index is -0.303. The number of nitrogens with one attached hydrogen (secondary N) is 1. The summed E-state index contributed by atoms with van der Waals surface area (Å²) >= 11 is 0. The molecule has 0 spiro atoms. The lowest BCUT2D eigenvalue weighted by atomic mass is 10.1. The molecule has 1 saturated heterocycles. The first kappa shape index (κ1) is 21.6. The minimum Gasteiger partial charge on any atom is -0.494 e. The zero-order valence-corrected chi connectivity index (χ0v) is 17.6. The third-order valence-electron chi connectivity index (χ3n) is 5.12. The number of rotatable bonds is 8. The Morgan fingerprint density at radius 2 is 1.70 bits per heavy atom. The molecule has 2 aromatic carbocycles. The molecule has 0 atom stereocenters. The Hall–Kier alpha value is -3.08. The molecule has 0 bridgehead atoms. The molecule has 2 aromatic rings. The monoisotopic (exact) mass is 406 g/mol. The molecule has 5 nitrogen and oxygen atoms in total. The van der Waals surface area contributed by atoms with Gasteiger partial charge in [0.15, 0.2) is 0 Å². The average molecular weight is 407 g/mol. The zero-order chi connectivity index (χ0) is 21.2. The van der Waals surface area contributed by atoms with Gasteiger partial charge < -0.3 is 15.0 Å². The summed E-state index contributed by atoms with van der Waals surface area (Å²) in [6, 6.07) is 16.6. The van der Waals surface area contributed by atoms with Gasteiger partial charge in [0.2, 0.25) is 0 Å². The van der Waals surface area contributed by atoms with Crippen molar-refractivity contribution >= 4 is 17.9 Å². The van der Waals surface area contributed by atoms with Crippen LogP contribution in [0.2, 0.25) is 0 Å². The van der Waals surface area contributed by atoms with E-state index >= 15 is 0 Å². The highest BCUT2D eigenvalue weighted by Gasteiger charge is 2.22. The second kappa shape index (κ2) is 11.2. The molecule has 2 amide bonds. The van der Waals surface area contributed by atoms with E-state index in [1.807, 2.05) is 35.2 Å². The molecule has 1 N–H and O–H groups in total. The van der Waals surface area contributed by atoms with Crippen molar-refractivity contribution in [2.45, 2.75) is 39.0 Å². The maximum Gasteiger partial charge on any atom is 0.270 e. The first-order chi connectivity index (χ1) is 14.7. The van der Waals surface area contributed by atoms with Crippen LogP contribution in [0.15, 0.2) is 60.3 Å². The number of benzene rings is 2. The minimum absolute atomic E-state index is 0.133. The summed E-state index contributed by atoms with van der Waals surface area (Å²) in [5.74, 6) is 0.304. The van der Waals surface area contributed by atoms with E-state index in [1.165, 1.54) is 0 Å². The van der Waals surface area contributed by atoms with Crippen molar-refractivity contribution in [3.8, 4) is 5.75 Å². The van der Waals surface area contributed by atoms with Crippen LogP contribution < -0.4 is 10.1 Å². The van der Waals surface area contributed by atoms with Crippen LogP contribution in [0.25, 0.3) is 6.08 Å². The number of hydrogen-bond donors (Lipinski definition) is 1. The Morgan fingerprint density at radius 1 is 1.00 bits per heavy atom. The van der Waals surface area contributed by atoms with Gasteiger partial charge in [0, 0.05) is 18.7 Å². The number of likely N-dealkylation sites (tertiary alicyclic amines) is 1. The number of ether oxygens (including phenoxy) is 1. The van der Waals surface area contributed by atoms with Crippen LogP contribution in [0.4, 0.5) is 0 Å². The van der Waals surface area contributed by atoms with Gasteiger partial charge in [-0.25, -0.2) is 0 Å². The third-order valence-corrected chi connectivity index (χ3v) is 5.12. The topological polar surface area (TPSA) is 58.6 Å². The van der Waals surface area contributed by atoms with Crippen LogP contribution in [0.5, 0.6) is 5.75 Å². The second-order valence-electron chi connectivity index (χ2n) is 7.50. The average Bonchev–Trinajstić information content (AvgIpc) is 2.80. The van der Waals surface area contributed by atoms with Crippen molar-refractivity contribution in [2.75, 3.05) is 19.7 Å². The highest BCUT2D eigenvalue weighted by atomic mass is 16.5. The predicted molar refractivity (Wildman–Crippen MR) is 119 cm³/mol. The molecule has 0 aliphatic carbocycles. The molecule has 0 unspecified atom stereocenters. The highest BCUT2D eigenvalue weighted by molar-refractivity contribution is 6.05. The van der Waals surface area contributed by atoms with E-state index < -0.39 is 0 Å². The largest absolute Gasteiger partial charge is 0.494 e. The van der Waals surface area contributed by atoms with Gasteiger partial charge in [0.1, 0.15) is 11.4 Å². The summed E-state index contributed by atoms with van der Waals surface area (Å²) in [4.78, 5) is 27.8. The van der Waals surface area contributed by atoms with Gasteiger partial charge in [-0.1, -0.05) is 43.7 Å². The SMILES string of the molecule is CCCCOc1ccc(C(=O)NC(=Cc2ccccc2)C(=O)N2CCCCC2)cc1. The highest BCUT2D eigenvalue weighted by Crippen LogP contribution is 2.16. The molecule has 0 radical (unpaired) electrons. The molecule has 1 heterocycles. The molecule has 158 valence electrons. The summed E-state index contributed by atoms with van der Waals surface area (Å²) in [6.07, 6.45) is 6.95. The Bertz CT molecular complexity index is 854. The van der Waals surface area contributed by atoms with Crippen molar-refractivity contribution in [2.24, 2.45) is 0 Å². The molecule has 0 saturated carbocycles.